The Labute approximate surface area is 150 Å². The van der Waals surface area contributed by atoms with E-state index in [1.807, 2.05) is 0 Å². The van der Waals surface area contributed by atoms with Gasteiger partial charge < -0.3 is 15.1 Å². The molecule has 1 N–H and O–H groups in total. The van der Waals surface area contributed by atoms with E-state index in [-0.39, 0.29) is 29.9 Å². The highest BCUT2D eigenvalue weighted by Gasteiger charge is 2.24. The van der Waals surface area contributed by atoms with Crippen molar-refractivity contribution in [2.45, 2.75) is 13.5 Å². The van der Waals surface area contributed by atoms with Crippen molar-refractivity contribution in [3.05, 3.63) is 53.7 Å². The maximum absolute atomic E-state index is 13.7. The van der Waals surface area contributed by atoms with Crippen molar-refractivity contribution < 1.29 is 14.0 Å². The van der Waals surface area contributed by atoms with Gasteiger partial charge in [0.1, 0.15) is 23.7 Å². The quantitative estimate of drug-likeness (QED) is 0.898. The molecule has 26 heavy (non-hydrogen) atoms. The largest absolute Gasteiger partial charge is 0.366 e. The number of amides is 2. The Kier molecular flexibility index (Phi) is 5.40. The van der Waals surface area contributed by atoms with Gasteiger partial charge in [-0.05, 0) is 6.07 Å². The summed E-state index contributed by atoms with van der Waals surface area (Å²) in [5.41, 5.74) is 0.784. The van der Waals surface area contributed by atoms with Crippen LogP contribution in [0.3, 0.4) is 0 Å². The van der Waals surface area contributed by atoms with Gasteiger partial charge in [-0.1, -0.05) is 18.2 Å². The van der Waals surface area contributed by atoms with Crippen LogP contribution in [0.25, 0.3) is 0 Å². The molecular formula is C18H20FN5O2. The molecule has 0 radical (unpaired) electrons. The molecule has 0 aliphatic carbocycles. The number of nitrogens with zero attached hydrogens (tertiary/aromatic N) is 4. The summed E-state index contributed by atoms with van der Waals surface area (Å²) in [6.07, 6.45) is 1.31. The van der Waals surface area contributed by atoms with Crippen LogP contribution in [0.2, 0.25) is 0 Å². The Hall–Kier alpha value is -3.03. The van der Waals surface area contributed by atoms with Crippen LogP contribution in [0.15, 0.2) is 36.7 Å². The topological polar surface area (TPSA) is 78.4 Å². The van der Waals surface area contributed by atoms with Crippen LogP contribution in [-0.2, 0) is 11.3 Å². The van der Waals surface area contributed by atoms with E-state index in [0.717, 1.165) is 0 Å². The number of nitrogens with one attached hydrogen (secondary N) is 1. The van der Waals surface area contributed by atoms with Crippen molar-refractivity contribution >= 4 is 17.6 Å². The zero-order valence-electron chi connectivity index (χ0n) is 14.5. The van der Waals surface area contributed by atoms with Crippen LogP contribution in [0.5, 0.6) is 0 Å². The maximum atomic E-state index is 13.7. The third-order valence-electron chi connectivity index (χ3n) is 4.32. The Bertz CT molecular complexity index is 806. The molecular weight excluding hydrogens is 337 g/mol. The van der Waals surface area contributed by atoms with Crippen LogP contribution in [-0.4, -0.2) is 57.8 Å². The molecule has 8 heteroatoms. The molecule has 0 bridgehead atoms. The van der Waals surface area contributed by atoms with Gasteiger partial charge in [-0.3, -0.25) is 9.59 Å². The van der Waals surface area contributed by atoms with Gasteiger partial charge in [0.25, 0.3) is 5.91 Å². The number of benzene rings is 1. The van der Waals surface area contributed by atoms with Gasteiger partial charge in [0.15, 0.2) is 0 Å². The molecule has 1 aromatic heterocycles. The van der Waals surface area contributed by atoms with E-state index in [9.17, 15) is 14.0 Å². The van der Waals surface area contributed by atoms with E-state index < -0.39 is 0 Å². The summed E-state index contributed by atoms with van der Waals surface area (Å²) in [5.74, 6) is -0.0361. The highest BCUT2D eigenvalue weighted by Crippen LogP contribution is 2.12. The summed E-state index contributed by atoms with van der Waals surface area (Å²) in [6.45, 7) is 3.76. The molecule has 0 unspecified atom stereocenters. The van der Waals surface area contributed by atoms with E-state index >= 15 is 0 Å². The molecule has 0 saturated carbocycles. The molecule has 0 atom stereocenters. The number of halogens is 1. The number of hydrogen-bond donors (Lipinski definition) is 1. The predicted octanol–water partition coefficient (Wildman–Crippen LogP) is 1.53. The van der Waals surface area contributed by atoms with Gasteiger partial charge in [0.05, 0.1) is 0 Å². The van der Waals surface area contributed by atoms with Crippen molar-refractivity contribution in [3.8, 4) is 0 Å². The fourth-order valence-corrected chi connectivity index (χ4v) is 2.78. The summed E-state index contributed by atoms with van der Waals surface area (Å²) in [4.78, 5) is 35.5. The molecule has 1 saturated heterocycles. The first-order valence-electron chi connectivity index (χ1n) is 8.38. The summed E-state index contributed by atoms with van der Waals surface area (Å²) in [6, 6.07) is 8.03. The normalized spacial score (nSPS) is 14.2. The summed E-state index contributed by atoms with van der Waals surface area (Å²) in [7, 11) is 0. The summed E-state index contributed by atoms with van der Waals surface area (Å²) >= 11 is 0. The maximum Gasteiger partial charge on any atom is 0.272 e. The first-order valence-corrected chi connectivity index (χ1v) is 8.38. The lowest BCUT2D eigenvalue weighted by molar-refractivity contribution is -0.130. The molecule has 1 aromatic carbocycles. The average Bonchev–Trinajstić information content (AvgIpc) is 2.67. The Morgan fingerprint density at radius 3 is 2.50 bits per heavy atom. The number of hydrogen-bond acceptors (Lipinski definition) is 5. The first kappa shape index (κ1) is 17.8. The molecule has 1 aliphatic heterocycles. The Balaban J connectivity index is 1.63. The monoisotopic (exact) mass is 357 g/mol. The Morgan fingerprint density at radius 2 is 1.81 bits per heavy atom. The number of carbonyl (C=O) groups excluding carboxylic acids is 2. The average molecular weight is 357 g/mol. The van der Waals surface area contributed by atoms with Crippen LogP contribution in [0.4, 0.5) is 10.2 Å². The molecule has 136 valence electrons. The second kappa shape index (κ2) is 7.90. The zero-order valence-corrected chi connectivity index (χ0v) is 14.5. The predicted molar refractivity (Wildman–Crippen MR) is 93.9 cm³/mol. The highest BCUT2D eigenvalue weighted by molar-refractivity contribution is 5.93. The third kappa shape index (κ3) is 4.14. The van der Waals surface area contributed by atoms with E-state index in [1.165, 1.54) is 19.3 Å². The molecule has 1 aliphatic rings. The van der Waals surface area contributed by atoms with Crippen molar-refractivity contribution in [2.75, 3.05) is 31.5 Å². The minimum absolute atomic E-state index is 0.0127. The third-order valence-corrected chi connectivity index (χ3v) is 4.32. The molecule has 3 rings (SSSR count). The number of rotatable bonds is 4. The molecule has 1 fully saturated rings. The second-order valence-electron chi connectivity index (χ2n) is 6.03. The van der Waals surface area contributed by atoms with Gasteiger partial charge >= 0.3 is 0 Å². The summed E-state index contributed by atoms with van der Waals surface area (Å²) < 4.78 is 13.7. The van der Waals surface area contributed by atoms with E-state index in [4.69, 9.17) is 0 Å². The standard InChI is InChI=1S/C18H20FN5O2/c1-13(25)23-6-8-24(9-7-23)18(26)16-10-17(22-12-21-16)20-11-14-4-2-3-5-15(14)19/h2-5,10,12H,6-9,11H2,1H3,(H,20,21,22). The second-order valence-corrected chi connectivity index (χ2v) is 6.03. The lowest BCUT2D eigenvalue weighted by Crippen LogP contribution is -2.50. The van der Waals surface area contributed by atoms with E-state index in [1.54, 1.807) is 34.1 Å². The SMILES string of the molecule is CC(=O)N1CCN(C(=O)c2cc(NCc3ccccc3F)ncn2)CC1. The van der Waals surface area contributed by atoms with Crippen molar-refractivity contribution in [1.29, 1.82) is 0 Å². The summed E-state index contributed by atoms with van der Waals surface area (Å²) in [5, 5.41) is 3.01. The van der Waals surface area contributed by atoms with Crippen molar-refractivity contribution in [3.63, 3.8) is 0 Å². The van der Waals surface area contributed by atoms with E-state index in [2.05, 4.69) is 15.3 Å². The fourth-order valence-electron chi connectivity index (χ4n) is 2.78. The highest BCUT2D eigenvalue weighted by atomic mass is 19.1. The van der Waals surface area contributed by atoms with Crippen LogP contribution in [0, 0.1) is 5.82 Å². The molecule has 0 spiro atoms. The lowest BCUT2D eigenvalue weighted by atomic mass is 10.2. The zero-order chi connectivity index (χ0) is 18.5. The molecule has 2 aromatic rings. The van der Waals surface area contributed by atoms with Gasteiger partial charge in [0, 0.05) is 51.3 Å². The van der Waals surface area contributed by atoms with Crippen LogP contribution < -0.4 is 5.32 Å². The fraction of sp³-hybridized carbons (Fsp3) is 0.333. The molecule has 7 nitrogen and oxygen atoms in total. The number of carbonyl (C=O) groups is 2. The smallest absolute Gasteiger partial charge is 0.272 e. The number of aromatic nitrogens is 2. The van der Waals surface area contributed by atoms with Gasteiger partial charge in [0.2, 0.25) is 5.91 Å². The Morgan fingerprint density at radius 1 is 1.12 bits per heavy atom. The minimum atomic E-state index is -0.298. The number of anilines is 1. The molecule has 2 heterocycles. The minimum Gasteiger partial charge on any atom is -0.366 e. The number of piperazine rings is 1. The van der Waals surface area contributed by atoms with Crippen molar-refractivity contribution in [1.82, 2.24) is 19.8 Å². The van der Waals surface area contributed by atoms with E-state index in [0.29, 0.717) is 37.6 Å². The van der Waals surface area contributed by atoms with Crippen LogP contribution in [0.1, 0.15) is 23.0 Å². The van der Waals surface area contributed by atoms with Crippen LogP contribution >= 0.6 is 0 Å². The van der Waals surface area contributed by atoms with Gasteiger partial charge in [-0.2, -0.15) is 0 Å². The molecule has 2 amide bonds. The lowest BCUT2D eigenvalue weighted by Gasteiger charge is -2.34. The van der Waals surface area contributed by atoms with Gasteiger partial charge in [-0.25, -0.2) is 14.4 Å². The van der Waals surface area contributed by atoms with Gasteiger partial charge in [-0.15, -0.1) is 0 Å². The van der Waals surface area contributed by atoms with Crippen molar-refractivity contribution in [2.24, 2.45) is 0 Å². The first-order chi connectivity index (χ1) is 12.5.